The molecule has 13 heavy (non-hydrogen) atoms. The predicted molar refractivity (Wildman–Crippen MR) is 51.3 cm³/mol. The summed E-state index contributed by atoms with van der Waals surface area (Å²) < 4.78 is 0. The van der Waals surface area contributed by atoms with Crippen LogP contribution in [0.1, 0.15) is 35.6 Å². The fraction of sp³-hybridized carbons (Fsp3) is 0.571. The van der Waals surface area contributed by atoms with E-state index >= 15 is 0 Å². The zero-order valence-electron chi connectivity index (χ0n) is 8.16. The third-order valence-electron chi connectivity index (χ3n) is 1.25. The van der Waals surface area contributed by atoms with E-state index in [1.54, 1.807) is 0 Å². The Balaban J connectivity index is 0.00000144. The summed E-state index contributed by atoms with van der Waals surface area (Å²) in [5.74, 6) is -1.01. The van der Waals surface area contributed by atoms with E-state index in [0.29, 0.717) is 0 Å². The minimum Gasteiger partial charge on any atom is -0.476 e. The van der Waals surface area contributed by atoms with Crippen LogP contribution < -0.4 is 0 Å². The number of carbonyl (C=O) groups is 1. The van der Waals surface area contributed by atoms with Crippen LogP contribution in [-0.2, 0) is 5.41 Å². The smallest absolute Gasteiger partial charge is 0.367 e. The van der Waals surface area contributed by atoms with E-state index in [4.69, 9.17) is 5.11 Å². The molecule has 1 rings (SSSR count). The van der Waals surface area contributed by atoms with Crippen LogP contribution >= 0.6 is 11.3 Å². The number of carboxylic acids is 1. The molecule has 1 aromatic heterocycles. The molecule has 0 bridgehead atoms. The van der Waals surface area contributed by atoms with Gasteiger partial charge in [0.25, 0.3) is 0 Å². The minimum atomic E-state index is -1.01. The molecule has 0 aromatic carbocycles. The molecule has 1 aromatic rings. The van der Waals surface area contributed by atoms with Crippen LogP contribution in [0, 0.1) is 0 Å². The first-order valence-electron chi connectivity index (χ1n) is 3.48. The first-order valence-corrected chi connectivity index (χ1v) is 4.30. The molecule has 6 heteroatoms. The maximum atomic E-state index is 10.4. The van der Waals surface area contributed by atoms with E-state index in [2.05, 4.69) is 10.2 Å². The average molecular weight is 209 g/mol. The first-order chi connectivity index (χ1) is 5.41. The molecule has 0 spiro atoms. The zero-order chi connectivity index (χ0) is 9.35. The molecular formula is C7H10N2NaO2S. The quantitative estimate of drug-likeness (QED) is 0.705. The van der Waals surface area contributed by atoms with Gasteiger partial charge in [-0.05, 0) is 0 Å². The van der Waals surface area contributed by atoms with Gasteiger partial charge in [0.05, 0.1) is 0 Å². The van der Waals surface area contributed by atoms with Crippen molar-refractivity contribution >= 4 is 46.9 Å². The van der Waals surface area contributed by atoms with Gasteiger partial charge in [0, 0.05) is 35.0 Å². The number of aromatic nitrogens is 2. The Bertz CT molecular complexity index is 306. The van der Waals surface area contributed by atoms with Gasteiger partial charge in [0.2, 0.25) is 5.01 Å². The van der Waals surface area contributed by atoms with Crippen LogP contribution in [-0.4, -0.2) is 50.8 Å². The zero-order valence-corrected chi connectivity index (χ0v) is 11.0. The Morgan fingerprint density at radius 3 is 2.15 bits per heavy atom. The van der Waals surface area contributed by atoms with E-state index in [9.17, 15) is 4.79 Å². The maximum absolute atomic E-state index is 10.4. The monoisotopic (exact) mass is 209 g/mol. The van der Waals surface area contributed by atoms with Crippen molar-refractivity contribution in [1.29, 1.82) is 0 Å². The van der Waals surface area contributed by atoms with Crippen LogP contribution in [0.2, 0.25) is 0 Å². The molecule has 0 atom stereocenters. The molecule has 1 radical (unpaired) electrons. The normalized spacial score (nSPS) is 10.7. The van der Waals surface area contributed by atoms with Gasteiger partial charge in [-0.25, -0.2) is 4.79 Å². The van der Waals surface area contributed by atoms with Crippen LogP contribution in [0.5, 0.6) is 0 Å². The molecular weight excluding hydrogens is 199 g/mol. The SMILES string of the molecule is CC(C)(C)c1nnc(C(=O)O)s1.[Na]. The molecule has 0 aliphatic rings. The van der Waals surface area contributed by atoms with Gasteiger partial charge < -0.3 is 5.11 Å². The Hall–Kier alpha value is 0.0300. The minimum absolute atomic E-state index is 0. The van der Waals surface area contributed by atoms with Crippen molar-refractivity contribution in [3.05, 3.63) is 10.0 Å². The second kappa shape index (κ2) is 4.50. The summed E-state index contributed by atoms with van der Waals surface area (Å²) in [6, 6.07) is 0. The second-order valence-electron chi connectivity index (χ2n) is 3.47. The van der Waals surface area contributed by atoms with E-state index in [0.717, 1.165) is 16.3 Å². The van der Waals surface area contributed by atoms with Crippen molar-refractivity contribution in [2.75, 3.05) is 0 Å². The third kappa shape index (κ3) is 3.34. The fourth-order valence-electron chi connectivity index (χ4n) is 0.613. The van der Waals surface area contributed by atoms with Gasteiger partial charge in [-0.3, -0.25) is 0 Å². The predicted octanol–water partition coefficient (Wildman–Crippen LogP) is 1.15. The number of hydrogen-bond acceptors (Lipinski definition) is 4. The van der Waals surface area contributed by atoms with Gasteiger partial charge >= 0.3 is 5.97 Å². The van der Waals surface area contributed by atoms with Crippen molar-refractivity contribution in [3.8, 4) is 0 Å². The molecule has 1 heterocycles. The Kier molecular flexibility index (Phi) is 4.51. The summed E-state index contributed by atoms with van der Waals surface area (Å²) >= 11 is 1.13. The van der Waals surface area contributed by atoms with Crippen LogP contribution in [0.25, 0.3) is 0 Å². The molecule has 0 aliphatic heterocycles. The molecule has 67 valence electrons. The summed E-state index contributed by atoms with van der Waals surface area (Å²) in [5.41, 5.74) is -0.120. The third-order valence-corrected chi connectivity index (χ3v) is 2.59. The molecule has 4 nitrogen and oxygen atoms in total. The molecule has 0 unspecified atom stereocenters. The van der Waals surface area contributed by atoms with Crippen LogP contribution in [0.4, 0.5) is 0 Å². The van der Waals surface area contributed by atoms with Gasteiger partial charge in [0.1, 0.15) is 5.01 Å². The van der Waals surface area contributed by atoms with E-state index in [-0.39, 0.29) is 40.0 Å². The number of nitrogens with zero attached hydrogens (tertiary/aromatic N) is 2. The number of hydrogen-bond donors (Lipinski definition) is 1. The van der Waals surface area contributed by atoms with Gasteiger partial charge in [-0.1, -0.05) is 32.1 Å². The molecule has 0 aliphatic carbocycles. The first kappa shape index (κ1) is 13.0. The topological polar surface area (TPSA) is 63.1 Å². The summed E-state index contributed by atoms with van der Waals surface area (Å²) in [5, 5.41) is 16.7. The van der Waals surface area contributed by atoms with E-state index in [1.807, 2.05) is 20.8 Å². The summed E-state index contributed by atoms with van der Waals surface area (Å²) in [6.07, 6.45) is 0. The second-order valence-corrected chi connectivity index (χ2v) is 4.45. The number of carboxylic acid groups (broad SMARTS) is 1. The molecule has 0 fully saturated rings. The van der Waals surface area contributed by atoms with Crippen LogP contribution in [0.15, 0.2) is 0 Å². The Morgan fingerprint density at radius 2 is 1.92 bits per heavy atom. The van der Waals surface area contributed by atoms with Crippen molar-refractivity contribution in [2.45, 2.75) is 26.2 Å². The number of rotatable bonds is 1. The fourth-order valence-corrected chi connectivity index (χ4v) is 1.35. The van der Waals surface area contributed by atoms with Crippen LogP contribution in [0.3, 0.4) is 0 Å². The maximum Gasteiger partial charge on any atom is 0.367 e. The summed E-state index contributed by atoms with van der Waals surface area (Å²) in [7, 11) is 0. The van der Waals surface area contributed by atoms with Crippen molar-refractivity contribution in [1.82, 2.24) is 10.2 Å². The van der Waals surface area contributed by atoms with Gasteiger partial charge in [-0.15, -0.1) is 10.2 Å². The van der Waals surface area contributed by atoms with Gasteiger partial charge in [-0.2, -0.15) is 0 Å². The number of aromatic carboxylic acids is 1. The van der Waals surface area contributed by atoms with Crippen molar-refractivity contribution in [2.24, 2.45) is 0 Å². The van der Waals surface area contributed by atoms with E-state index in [1.165, 1.54) is 0 Å². The van der Waals surface area contributed by atoms with E-state index < -0.39 is 5.97 Å². The molecule has 0 saturated carbocycles. The molecule has 0 saturated heterocycles. The Labute approximate surface area is 103 Å². The van der Waals surface area contributed by atoms with Crippen molar-refractivity contribution in [3.63, 3.8) is 0 Å². The standard InChI is InChI=1S/C7H10N2O2S.Na/c1-7(2,3)6-9-8-4(12-6)5(10)11;/h1-3H3,(H,10,11);. The summed E-state index contributed by atoms with van der Waals surface area (Å²) in [4.78, 5) is 10.4. The average Bonchev–Trinajstić information content (AvgIpc) is 2.30. The Morgan fingerprint density at radius 1 is 1.38 bits per heavy atom. The largest absolute Gasteiger partial charge is 0.476 e. The summed E-state index contributed by atoms with van der Waals surface area (Å²) in [6.45, 7) is 5.91. The molecule has 0 amide bonds. The molecule has 1 N–H and O–H groups in total. The van der Waals surface area contributed by atoms with Crippen molar-refractivity contribution < 1.29 is 9.90 Å². The van der Waals surface area contributed by atoms with Gasteiger partial charge in [0.15, 0.2) is 0 Å².